The number of likely N-dealkylation sites (tertiary alicyclic amines) is 1. The van der Waals surface area contributed by atoms with E-state index in [2.05, 4.69) is 41.2 Å². The molecule has 0 spiro atoms. The van der Waals surface area contributed by atoms with Gasteiger partial charge in [0.15, 0.2) is 0 Å². The molecule has 1 aromatic carbocycles. The third-order valence-electron chi connectivity index (χ3n) is 5.00. The number of hydrogen-bond donors (Lipinski definition) is 3. The molecule has 0 radical (unpaired) electrons. The number of rotatable bonds is 4. The summed E-state index contributed by atoms with van der Waals surface area (Å²) in [5.74, 6) is 0. The number of hydrogen-bond acceptors (Lipinski definition) is 2. The van der Waals surface area contributed by atoms with E-state index in [-0.39, 0.29) is 0 Å². The molecule has 5 heteroatoms. The number of amides is 2. The van der Waals surface area contributed by atoms with Gasteiger partial charge < -0.3 is 16.0 Å². The summed E-state index contributed by atoms with van der Waals surface area (Å²) in [6, 6.07) is 4.36. The van der Waals surface area contributed by atoms with Gasteiger partial charge in [-0.1, -0.05) is 12.5 Å². The van der Waals surface area contributed by atoms with Crippen LogP contribution in [-0.4, -0.2) is 35.0 Å². The van der Waals surface area contributed by atoms with Crippen molar-refractivity contribution in [3.05, 3.63) is 35.0 Å². The van der Waals surface area contributed by atoms with E-state index in [1.165, 1.54) is 40.4 Å². The number of fused-ring (bicyclic) bond motifs is 1. The molecular weight excluding hydrogens is 288 g/mol. The summed E-state index contributed by atoms with van der Waals surface area (Å²) in [5, 5.41) is 4.09. The molecule has 2 aromatic rings. The van der Waals surface area contributed by atoms with E-state index in [9.17, 15) is 4.79 Å². The Hall–Kier alpha value is -2.01. The first-order valence-corrected chi connectivity index (χ1v) is 8.40. The van der Waals surface area contributed by atoms with Crippen LogP contribution in [0, 0.1) is 13.8 Å². The first kappa shape index (κ1) is 15.9. The SMILES string of the molecule is Cc1cc(C)c2[nH]ccc2c1CN1CCCCC1CNC(N)=O. The van der Waals surface area contributed by atoms with Crippen molar-refractivity contribution in [2.24, 2.45) is 5.73 Å². The van der Waals surface area contributed by atoms with E-state index in [0.29, 0.717) is 12.6 Å². The summed E-state index contributed by atoms with van der Waals surface area (Å²) in [6.07, 6.45) is 5.56. The van der Waals surface area contributed by atoms with Crippen molar-refractivity contribution < 1.29 is 4.79 Å². The number of H-pyrrole nitrogens is 1. The molecule has 3 rings (SSSR count). The number of aromatic amines is 1. The lowest BCUT2D eigenvalue weighted by molar-refractivity contribution is 0.139. The lowest BCUT2D eigenvalue weighted by Crippen LogP contribution is -2.47. The maximum Gasteiger partial charge on any atom is 0.312 e. The zero-order chi connectivity index (χ0) is 16.4. The van der Waals surface area contributed by atoms with Gasteiger partial charge in [-0.2, -0.15) is 0 Å². The quantitative estimate of drug-likeness (QED) is 0.812. The summed E-state index contributed by atoms with van der Waals surface area (Å²) < 4.78 is 0. The molecule has 0 bridgehead atoms. The molecule has 0 aliphatic carbocycles. The molecule has 1 aliphatic rings. The normalized spacial score (nSPS) is 19.1. The second-order valence-corrected chi connectivity index (χ2v) is 6.62. The molecule has 124 valence electrons. The van der Waals surface area contributed by atoms with E-state index in [0.717, 1.165) is 19.5 Å². The van der Waals surface area contributed by atoms with Crippen LogP contribution in [0.15, 0.2) is 18.3 Å². The van der Waals surface area contributed by atoms with Crippen molar-refractivity contribution in [2.45, 2.75) is 45.7 Å². The maximum absolute atomic E-state index is 11.0. The highest BCUT2D eigenvalue weighted by Crippen LogP contribution is 2.28. The highest BCUT2D eigenvalue weighted by atomic mass is 16.2. The fraction of sp³-hybridized carbons (Fsp3) is 0.500. The molecule has 1 aromatic heterocycles. The minimum atomic E-state index is -0.435. The van der Waals surface area contributed by atoms with Gasteiger partial charge in [-0.3, -0.25) is 4.90 Å². The topological polar surface area (TPSA) is 74.2 Å². The second-order valence-electron chi connectivity index (χ2n) is 6.62. The minimum Gasteiger partial charge on any atom is -0.361 e. The van der Waals surface area contributed by atoms with Gasteiger partial charge in [-0.25, -0.2) is 4.79 Å². The number of urea groups is 1. The zero-order valence-electron chi connectivity index (χ0n) is 14.0. The van der Waals surface area contributed by atoms with Gasteiger partial charge in [0.25, 0.3) is 0 Å². The van der Waals surface area contributed by atoms with Gasteiger partial charge in [-0.05, 0) is 56.0 Å². The molecule has 2 amide bonds. The highest BCUT2D eigenvalue weighted by Gasteiger charge is 2.24. The Morgan fingerprint density at radius 3 is 3.00 bits per heavy atom. The van der Waals surface area contributed by atoms with Gasteiger partial charge in [0, 0.05) is 36.2 Å². The average Bonchev–Trinajstić information content (AvgIpc) is 3.00. The smallest absolute Gasteiger partial charge is 0.312 e. The van der Waals surface area contributed by atoms with E-state index < -0.39 is 6.03 Å². The molecule has 1 unspecified atom stereocenters. The Kier molecular flexibility index (Phi) is 4.57. The van der Waals surface area contributed by atoms with Gasteiger partial charge >= 0.3 is 6.03 Å². The van der Waals surface area contributed by atoms with Crippen LogP contribution in [-0.2, 0) is 6.54 Å². The summed E-state index contributed by atoms with van der Waals surface area (Å²) in [4.78, 5) is 16.9. The largest absolute Gasteiger partial charge is 0.361 e. The molecular formula is C18H26N4O. The number of carbonyl (C=O) groups is 1. The number of benzene rings is 1. The van der Waals surface area contributed by atoms with Crippen LogP contribution in [0.1, 0.15) is 36.0 Å². The zero-order valence-corrected chi connectivity index (χ0v) is 14.0. The molecule has 2 heterocycles. The minimum absolute atomic E-state index is 0.367. The van der Waals surface area contributed by atoms with Crippen molar-refractivity contribution in [3.8, 4) is 0 Å². The van der Waals surface area contributed by atoms with Gasteiger partial charge in [0.1, 0.15) is 0 Å². The Bertz CT molecular complexity index is 706. The van der Waals surface area contributed by atoms with Crippen LogP contribution in [0.5, 0.6) is 0 Å². The van der Waals surface area contributed by atoms with Crippen LogP contribution in [0.3, 0.4) is 0 Å². The van der Waals surface area contributed by atoms with Crippen molar-refractivity contribution >= 4 is 16.9 Å². The van der Waals surface area contributed by atoms with Crippen molar-refractivity contribution in [1.82, 2.24) is 15.2 Å². The second kappa shape index (κ2) is 6.62. The monoisotopic (exact) mass is 314 g/mol. The van der Waals surface area contributed by atoms with Crippen LogP contribution >= 0.6 is 0 Å². The Balaban J connectivity index is 1.84. The van der Waals surface area contributed by atoms with Crippen LogP contribution in [0.4, 0.5) is 4.79 Å². The molecule has 4 N–H and O–H groups in total. The number of carbonyl (C=O) groups excluding carboxylic acids is 1. The Morgan fingerprint density at radius 2 is 2.22 bits per heavy atom. The number of nitrogens with two attached hydrogens (primary N) is 1. The summed E-state index contributed by atoms with van der Waals surface area (Å²) >= 11 is 0. The number of primary amides is 1. The molecule has 0 saturated carbocycles. The third kappa shape index (κ3) is 3.34. The van der Waals surface area contributed by atoms with E-state index in [1.54, 1.807) is 0 Å². The Morgan fingerprint density at radius 1 is 1.39 bits per heavy atom. The number of aromatic nitrogens is 1. The van der Waals surface area contributed by atoms with E-state index >= 15 is 0 Å². The van der Waals surface area contributed by atoms with Crippen molar-refractivity contribution in [3.63, 3.8) is 0 Å². The molecule has 5 nitrogen and oxygen atoms in total. The predicted molar refractivity (Wildman–Crippen MR) is 93.4 cm³/mol. The van der Waals surface area contributed by atoms with E-state index in [1.807, 2.05) is 6.20 Å². The maximum atomic E-state index is 11.0. The number of nitrogens with zero attached hydrogens (tertiary/aromatic N) is 1. The van der Waals surface area contributed by atoms with Gasteiger partial charge in [0.05, 0.1) is 0 Å². The first-order chi connectivity index (χ1) is 11.1. The van der Waals surface area contributed by atoms with Crippen molar-refractivity contribution in [1.29, 1.82) is 0 Å². The summed E-state index contributed by atoms with van der Waals surface area (Å²) in [7, 11) is 0. The van der Waals surface area contributed by atoms with Gasteiger partial charge in [0.2, 0.25) is 0 Å². The van der Waals surface area contributed by atoms with Crippen LogP contribution < -0.4 is 11.1 Å². The lowest BCUT2D eigenvalue weighted by Gasteiger charge is -2.36. The van der Waals surface area contributed by atoms with Crippen molar-refractivity contribution in [2.75, 3.05) is 13.1 Å². The first-order valence-electron chi connectivity index (χ1n) is 8.40. The van der Waals surface area contributed by atoms with E-state index in [4.69, 9.17) is 5.73 Å². The number of piperidine rings is 1. The fourth-order valence-electron chi connectivity index (χ4n) is 3.77. The third-order valence-corrected chi connectivity index (χ3v) is 5.00. The summed E-state index contributed by atoms with van der Waals surface area (Å²) in [5.41, 5.74) is 10.5. The predicted octanol–water partition coefficient (Wildman–Crippen LogP) is 2.81. The molecule has 1 atom stereocenters. The molecule has 1 saturated heterocycles. The lowest BCUT2D eigenvalue weighted by atomic mass is 9.97. The number of aryl methyl sites for hydroxylation is 2. The molecule has 1 fully saturated rings. The fourth-order valence-corrected chi connectivity index (χ4v) is 3.77. The highest BCUT2D eigenvalue weighted by molar-refractivity contribution is 5.86. The Labute approximate surface area is 137 Å². The summed E-state index contributed by atoms with van der Waals surface area (Å²) in [6.45, 7) is 6.97. The molecule has 1 aliphatic heterocycles. The van der Waals surface area contributed by atoms with Gasteiger partial charge in [-0.15, -0.1) is 0 Å². The van der Waals surface area contributed by atoms with Crippen LogP contribution in [0.25, 0.3) is 10.9 Å². The number of nitrogens with one attached hydrogen (secondary N) is 2. The van der Waals surface area contributed by atoms with Crippen LogP contribution in [0.2, 0.25) is 0 Å². The average molecular weight is 314 g/mol. The molecule has 23 heavy (non-hydrogen) atoms. The standard InChI is InChI=1S/C18H26N4O/c1-12-9-13(2)17-15(6-7-20-17)16(12)11-22-8-4-3-5-14(22)10-21-18(19)23/h6-7,9,14,20H,3-5,8,10-11H2,1-2H3,(H3,19,21,23).